The quantitative estimate of drug-likeness (QED) is 0.631. The number of aryl methyl sites for hydroxylation is 1. The van der Waals surface area contributed by atoms with E-state index in [2.05, 4.69) is 15.5 Å². The minimum Gasteiger partial charge on any atom is -0.296 e. The fourth-order valence-electron chi connectivity index (χ4n) is 3.40. The normalized spacial score (nSPS) is 14.7. The highest BCUT2D eigenvalue weighted by Gasteiger charge is 2.29. The van der Waals surface area contributed by atoms with Crippen LogP contribution in [0.5, 0.6) is 0 Å². The van der Waals surface area contributed by atoms with Crippen LogP contribution < -0.4 is 5.32 Å². The van der Waals surface area contributed by atoms with E-state index in [1.54, 1.807) is 19.1 Å². The molecule has 30 heavy (non-hydrogen) atoms. The molecule has 1 aliphatic rings. The summed E-state index contributed by atoms with van der Waals surface area (Å²) in [4.78, 5) is 12.9. The van der Waals surface area contributed by atoms with Crippen LogP contribution in [0.25, 0.3) is 0 Å². The number of hydrogen-bond donors (Lipinski definition) is 1. The minimum atomic E-state index is -3.60. The molecule has 0 bridgehead atoms. The second kappa shape index (κ2) is 8.63. The van der Waals surface area contributed by atoms with Crippen LogP contribution >= 0.6 is 11.3 Å². The molecule has 1 N–H and O–H groups in total. The molecule has 0 spiro atoms. The largest absolute Gasteiger partial charge is 0.296 e. The van der Waals surface area contributed by atoms with Crippen LogP contribution in [0.4, 0.5) is 5.13 Å². The van der Waals surface area contributed by atoms with Crippen molar-refractivity contribution < 1.29 is 13.2 Å². The van der Waals surface area contributed by atoms with Crippen molar-refractivity contribution in [2.45, 2.75) is 31.1 Å². The Labute approximate surface area is 179 Å². The summed E-state index contributed by atoms with van der Waals surface area (Å²) in [5.74, 6) is -0.407. The van der Waals surface area contributed by atoms with Gasteiger partial charge in [0, 0.05) is 25.1 Å². The lowest BCUT2D eigenvalue weighted by molar-refractivity contribution is 0.102. The highest BCUT2D eigenvalue weighted by Crippen LogP contribution is 2.25. The monoisotopic (exact) mass is 442 g/mol. The second-order valence-electron chi connectivity index (χ2n) is 7.21. The van der Waals surface area contributed by atoms with Crippen molar-refractivity contribution >= 4 is 32.4 Å². The first-order valence-corrected chi connectivity index (χ1v) is 12.0. The number of nitrogens with one attached hydrogen (secondary N) is 1. The number of aromatic nitrogens is 2. The van der Waals surface area contributed by atoms with Gasteiger partial charge in [0.1, 0.15) is 5.01 Å². The van der Waals surface area contributed by atoms with E-state index in [1.807, 2.05) is 30.3 Å². The molecule has 4 rings (SSSR count). The van der Waals surface area contributed by atoms with E-state index in [9.17, 15) is 13.2 Å². The summed E-state index contributed by atoms with van der Waals surface area (Å²) in [5, 5.41) is 12.1. The molecular formula is C21H22N4O3S2. The maximum atomic E-state index is 12.9. The van der Waals surface area contributed by atoms with Crippen LogP contribution in [0.3, 0.4) is 0 Å². The lowest BCUT2D eigenvalue weighted by atomic mass is 10.1. The molecule has 1 amide bonds. The molecule has 0 atom stereocenters. The Balaban J connectivity index is 1.50. The van der Waals surface area contributed by atoms with Crippen molar-refractivity contribution in [1.29, 1.82) is 0 Å². The first-order valence-electron chi connectivity index (χ1n) is 9.72. The molecular weight excluding hydrogens is 420 g/mol. The van der Waals surface area contributed by atoms with Crippen molar-refractivity contribution in [3.05, 3.63) is 70.2 Å². The minimum absolute atomic E-state index is 0.180. The molecule has 3 aromatic rings. The van der Waals surface area contributed by atoms with E-state index < -0.39 is 15.9 Å². The molecule has 156 valence electrons. The van der Waals surface area contributed by atoms with Crippen molar-refractivity contribution in [3.8, 4) is 0 Å². The molecule has 1 aromatic heterocycles. The van der Waals surface area contributed by atoms with Gasteiger partial charge in [0.2, 0.25) is 15.2 Å². The molecule has 0 unspecified atom stereocenters. The molecule has 0 saturated carbocycles. The van der Waals surface area contributed by atoms with Crippen molar-refractivity contribution in [1.82, 2.24) is 14.5 Å². The topological polar surface area (TPSA) is 92.3 Å². The van der Waals surface area contributed by atoms with Crippen LogP contribution in [0.1, 0.15) is 39.3 Å². The Morgan fingerprint density at radius 2 is 1.83 bits per heavy atom. The third kappa shape index (κ3) is 4.43. The second-order valence-corrected chi connectivity index (χ2v) is 10.2. The fourth-order valence-corrected chi connectivity index (χ4v) is 5.94. The van der Waals surface area contributed by atoms with Crippen LogP contribution in [-0.4, -0.2) is 41.9 Å². The number of anilines is 1. The van der Waals surface area contributed by atoms with Gasteiger partial charge in [-0.15, -0.1) is 10.2 Å². The van der Waals surface area contributed by atoms with Crippen LogP contribution in [0, 0.1) is 6.92 Å². The number of sulfonamides is 1. The van der Waals surface area contributed by atoms with E-state index in [4.69, 9.17) is 0 Å². The summed E-state index contributed by atoms with van der Waals surface area (Å²) in [7, 11) is -3.60. The zero-order valence-corrected chi connectivity index (χ0v) is 18.2. The van der Waals surface area contributed by atoms with Crippen molar-refractivity contribution in [2.24, 2.45) is 0 Å². The summed E-state index contributed by atoms with van der Waals surface area (Å²) in [6.45, 7) is 2.78. The van der Waals surface area contributed by atoms with Gasteiger partial charge in [-0.25, -0.2) is 8.42 Å². The molecule has 0 aliphatic carbocycles. The van der Waals surface area contributed by atoms with E-state index in [1.165, 1.54) is 21.7 Å². The number of rotatable bonds is 6. The number of carbonyl (C=O) groups is 1. The molecule has 7 nitrogen and oxygen atoms in total. The first kappa shape index (κ1) is 20.6. The maximum Gasteiger partial charge on any atom is 0.257 e. The molecule has 2 heterocycles. The van der Waals surface area contributed by atoms with Gasteiger partial charge in [-0.05, 0) is 43.0 Å². The molecule has 0 radical (unpaired) electrons. The Kier molecular flexibility index (Phi) is 5.94. The highest BCUT2D eigenvalue weighted by atomic mass is 32.2. The molecule has 2 aromatic carbocycles. The van der Waals surface area contributed by atoms with Gasteiger partial charge < -0.3 is 0 Å². The van der Waals surface area contributed by atoms with E-state index in [0.29, 0.717) is 30.2 Å². The van der Waals surface area contributed by atoms with Crippen LogP contribution in [0.2, 0.25) is 0 Å². The number of hydrogen-bond acceptors (Lipinski definition) is 6. The van der Waals surface area contributed by atoms with Crippen molar-refractivity contribution in [2.75, 3.05) is 18.4 Å². The summed E-state index contributed by atoms with van der Waals surface area (Å²) in [5.41, 5.74) is 2.01. The van der Waals surface area contributed by atoms with Gasteiger partial charge in [0.05, 0.1) is 4.90 Å². The number of nitrogens with zero attached hydrogens (tertiary/aromatic N) is 3. The Bertz CT molecular complexity index is 1150. The smallest absolute Gasteiger partial charge is 0.257 e. The van der Waals surface area contributed by atoms with Gasteiger partial charge in [-0.2, -0.15) is 4.31 Å². The van der Waals surface area contributed by atoms with Gasteiger partial charge >= 0.3 is 0 Å². The van der Waals surface area contributed by atoms with E-state index in [-0.39, 0.29) is 10.5 Å². The lowest BCUT2D eigenvalue weighted by Gasteiger charge is -2.17. The van der Waals surface area contributed by atoms with Gasteiger partial charge in [-0.3, -0.25) is 10.1 Å². The van der Waals surface area contributed by atoms with Crippen molar-refractivity contribution in [3.63, 3.8) is 0 Å². The summed E-state index contributed by atoms with van der Waals surface area (Å²) in [6.07, 6.45) is 2.36. The van der Waals surface area contributed by atoms with E-state index >= 15 is 0 Å². The van der Waals surface area contributed by atoms with Gasteiger partial charge in [0.25, 0.3) is 5.91 Å². The molecule has 1 saturated heterocycles. The Morgan fingerprint density at radius 3 is 2.57 bits per heavy atom. The summed E-state index contributed by atoms with van der Waals surface area (Å²) in [6, 6.07) is 14.6. The van der Waals surface area contributed by atoms with E-state index in [0.717, 1.165) is 23.4 Å². The predicted molar refractivity (Wildman–Crippen MR) is 116 cm³/mol. The number of carbonyl (C=O) groups excluding carboxylic acids is 1. The number of amides is 1. The standard InChI is InChI=1S/C21H22N4O3S2/c1-15-9-10-17(14-18(15)30(27,28)25-11-5-6-12-25)20(26)22-21-24-23-19(29-21)13-16-7-3-2-4-8-16/h2-4,7-10,14H,5-6,11-13H2,1H3,(H,22,24,26). The number of benzene rings is 2. The Morgan fingerprint density at radius 1 is 1.10 bits per heavy atom. The van der Waals surface area contributed by atoms with Gasteiger partial charge in [0.15, 0.2) is 0 Å². The molecule has 1 aliphatic heterocycles. The summed E-state index contributed by atoms with van der Waals surface area (Å²) >= 11 is 1.30. The predicted octanol–water partition coefficient (Wildman–Crippen LogP) is 3.47. The fraction of sp³-hybridized carbons (Fsp3) is 0.286. The average Bonchev–Trinajstić information content (AvgIpc) is 3.42. The first-order chi connectivity index (χ1) is 14.4. The lowest BCUT2D eigenvalue weighted by Crippen LogP contribution is -2.28. The summed E-state index contributed by atoms with van der Waals surface area (Å²) < 4.78 is 27.4. The third-order valence-corrected chi connectivity index (χ3v) is 7.90. The average molecular weight is 443 g/mol. The van der Waals surface area contributed by atoms with Crippen LogP contribution in [-0.2, 0) is 16.4 Å². The maximum absolute atomic E-state index is 12.9. The Hall–Kier alpha value is -2.62. The molecule has 9 heteroatoms. The van der Waals surface area contributed by atoms with Gasteiger partial charge in [-0.1, -0.05) is 47.7 Å². The zero-order valence-electron chi connectivity index (χ0n) is 16.5. The SMILES string of the molecule is Cc1ccc(C(=O)Nc2nnc(Cc3ccccc3)s2)cc1S(=O)(=O)N1CCCC1. The van der Waals surface area contributed by atoms with Crippen LogP contribution in [0.15, 0.2) is 53.4 Å². The highest BCUT2D eigenvalue weighted by molar-refractivity contribution is 7.89. The molecule has 1 fully saturated rings. The zero-order chi connectivity index (χ0) is 21.1. The third-order valence-electron chi connectivity index (χ3n) is 5.02.